The lowest BCUT2D eigenvalue weighted by atomic mass is 9.90. The molecule has 2 unspecified atom stereocenters. The predicted octanol–water partition coefficient (Wildman–Crippen LogP) is 5.02. The summed E-state index contributed by atoms with van der Waals surface area (Å²) in [6.45, 7) is 7.90. The van der Waals surface area contributed by atoms with Crippen molar-refractivity contribution in [1.82, 2.24) is 5.32 Å². The minimum Gasteiger partial charge on any atom is -0.313 e. The molecule has 1 heterocycles. The van der Waals surface area contributed by atoms with E-state index in [1.54, 1.807) is 0 Å². The third kappa shape index (κ3) is 4.69. The maximum atomic E-state index is 3.75. The maximum absolute atomic E-state index is 3.75. The summed E-state index contributed by atoms with van der Waals surface area (Å²) in [5.41, 5.74) is 1.43. The van der Waals surface area contributed by atoms with Crippen LogP contribution >= 0.6 is 11.3 Å². The van der Waals surface area contributed by atoms with Crippen LogP contribution in [0, 0.1) is 0 Å². The molecule has 0 aliphatic rings. The predicted molar refractivity (Wildman–Crippen MR) is 94.3 cm³/mol. The number of aryl methyl sites for hydroxylation is 1. The van der Waals surface area contributed by atoms with E-state index in [0.29, 0.717) is 12.0 Å². The second-order valence-electron chi connectivity index (χ2n) is 5.69. The van der Waals surface area contributed by atoms with Crippen LogP contribution in [0.15, 0.2) is 42.5 Å². The lowest BCUT2D eigenvalue weighted by molar-refractivity contribution is 0.449. The van der Waals surface area contributed by atoms with Gasteiger partial charge >= 0.3 is 0 Å². The highest BCUT2D eigenvalue weighted by atomic mass is 32.1. The molecule has 0 spiro atoms. The van der Waals surface area contributed by atoms with Crippen LogP contribution < -0.4 is 5.32 Å². The summed E-state index contributed by atoms with van der Waals surface area (Å²) in [5.74, 6) is 0.532. The number of hydrogen-bond donors (Lipinski definition) is 1. The molecule has 0 aliphatic heterocycles. The molecule has 0 saturated carbocycles. The Balaban J connectivity index is 2.09. The summed E-state index contributed by atoms with van der Waals surface area (Å²) in [6.07, 6.45) is 3.45. The van der Waals surface area contributed by atoms with Crippen molar-refractivity contribution < 1.29 is 0 Å². The molecule has 0 radical (unpaired) electrons. The highest BCUT2D eigenvalue weighted by Gasteiger charge is 2.19. The highest BCUT2D eigenvalue weighted by molar-refractivity contribution is 7.11. The molecule has 0 aliphatic carbocycles. The smallest absolute Gasteiger partial charge is 0.0181 e. The van der Waals surface area contributed by atoms with E-state index in [-0.39, 0.29) is 0 Å². The summed E-state index contributed by atoms with van der Waals surface area (Å²) in [7, 11) is 0. The lowest BCUT2D eigenvalue weighted by Crippen LogP contribution is -2.36. The molecule has 0 saturated heterocycles. The molecule has 2 atom stereocenters. The topological polar surface area (TPSA) is 12.0 Å². The fourth-order valence-electron chi connectivity index (χ4n) is 2.68. The van der Waals surface area contributed by atoms with Gasteiger partial charge in [0.05, 0.1) is 0 Å². The molecular formula is C19H27NS. The van der Waals surface area contributed by atoms with Crippen molar-refractivity contribution in [2.24, 2.45) is 0 Å². The van der Waals surface area contributed by atoms with E-state index in [9.17, 15) is 0 Å². The van der Waals surface area contributed by atoms with Gasteiger partial charge in [-0.25, -0.2) is 0 Å². The molecular weight excluding hydrogens is 274 g/mol. The molecule has 1 aromatic heterocycles. The van der Waals surface area contributed by atoms with Crippen molar-refractivity contribution in [3.05, 3.63) is 57.8 Å². The number of hydrogen-bond acceptors (Lipinski definition) is 2. The summed E-state index contributed by atoms with van der Waals surface area (Å²) >= 11 is 1.97. The Labute approximate surface area is 133 Å². The van der Waals surface area contributed by atoms with Crippen LogP contribution in [0.3, 0.4) is 0 Å². The van der Waals surface area contributed by atoms with E-state index in [4.69, 9.17) is 0 Å². The molecule has 1 N–H and O–H groups in total. The van der Waals surface area contributed by atoms with Gasteiger partial charge in [0.1, 0.15) is 0 Å². The zero-order chi connectivity index (χ0) is 15.1. The normalized spacial score (nSPS) is 14.0. The van der Waals surface area contributed by atoms with Gasteiger partial charge in [-0.1, -0.05) is 51.1 Å². The number of nitrogens with one attached hydrogen (secondary N) is 1. The van der Waals surface area contributed by atoms with Crippen LogP contribution in [0.4, 0.5) is 0 Å². The molecule has 2 rings (SSSR count). The standard InChI is InChI=1S/C19H27NS/c1-4-13-20-19(14-18-12-11-17(5-2)21-18)15(3)16-9-7-6-8-10-16/h6-12,15,19-20H,4-5,13-14H2,1-3H3. The zero-order valence-electron chi connectivity index (χ0n) is 13.4. The molecule has 114 valence electrons. The fourth-order valence-corrected chi connectivity index (χ4v) is 3.70. The van der Waals surface area contributed by atoms with E-state index in [0.717, 1.165) is 19.4 Å². The zero-order valence-corrected chi connectivity index (χ0v) is 14.2. The summed E-state index contributed by atoms with van der Waals surface area (Å²) in [5, 5.41) is 3.75. The second-order valence-corrected chi connectivity index (χ2v) is 6.94. The first-order chi connectivity index (χ1) is 10.2. The van der Waals surface area contributed by atoms with E-state index in [1.807, 2.05) is 11.3 Å². The molecule has 0 amide bonds. The Hall–Kier alpha value is -1.12. The van der Waals surface area contributed by atoms with Crippen molar-refractivity contribution in [1.29, 1.82) is 0 Å². The van der Waals surface area contributed by atoms with Gasteiger partial charge in [0.25, 0.3) is 0 Å². The minimum absolute atomic E-state index is 0.510. The van der Waals surface area contributed by atoms with Gasteiger partial charge in [-0.05, 0) is 49.4 Å². The fraction of sp³-hybridized carbons (Fsp3) is 0.474. The third-order valence-corrected chi connectivity index (χ3v) is 5.32. The summed E-state index contributed by atoms with van der Waals surface area (Å²) < 4.78 is 0. The second kappa shape index (κ2) is 8.35. The van der Waals surface area contributed by atoms with Crippen LogP contribution in [0.2, 0.25) is 0 Å². The molecule has 2 heteroatoms. The Bertz CT molecular complexity index is 517. The lowest BCUT2D eigenvalue weighted by Gasteiger charge is -2.25. The van der Waals surface area contributed by atoms with Crippen LogP contribution in [-0.4, -0.2) is 12.6 Å². The van der Waals surface area contributed by atoms with E-state index in [2.05, 4.69) is 68.6 Å². The number of thiophene rings is 1. The van der Waals surface area contributed by atoms with E-state index >= 15 is 0 Å². The van der Waals surface area contributed by atoms with Crippen molar-refractivity contribution in [2.45, 2.75) is 52.0 Å². The first kappa shape index (κ1) is 16.3. The Morgan fingerprint density at radius 3 is 2.33 bits per heavy atom. The molecule has 2 aromatic rings. The van der Waals surface area contributed by atoms with Gasteiger partial charge in [-0.2, -0.15) is 0 Å². The molecule has 1 nitrogen and oxygen atoms in total. The Kier molecular flexibility index (Phi) is 6.47. The van der Waals surface area contributed by atoms with Gasteiger partial charge in [-0.3, -0.25) is 0 Å². The van der Waals surface area contributed by atoms with Gasteiger partial charge in [0.2, 0.25) is 0 Å². The minimum atomic E-state index is 0.510. The first-order valence-electron chi connectivity index (χ1n) is 8.10. The summed E-state index contributed by atoms with van der Waals surface area (Å²) in [4.78, 5) is 3.00. The van der Waals surface area contributed by atoms with Crippen molar-refractivity contribution in [3.63, 3.8) is 0 Å². The average molecular weight is 301 g/mol. The monoisotopic (exact) mass is 301 g/mol. The Morgan fingerprint density at radius 1 is 1.00 bits per heavy atom. The van der Waals surface area contributed by atoms with Crippen LogP contribution in [-0.2, 0) is 12.8 Å². The SMILES string of the molecule is CCCNC(Cc1ccc(CC)s1)C(C)c1ccccc1. The summed E-state index contributed by atoms with van der Waals surface area (Å²) in [6, 6.07) is 16.0. The van der Waals surface area contributed by atoms with Gasteiger partial charge < -0.3 is 5.32 Å². The maximum Gasteiger partial charge on any atom is 0.0181 e. The average Bonchev–Trinajstić information content (AvgIpc) is 2.99. The molecule has 0 fully saturated rings. The highest BCUT2D eigenvalue weighted by Crippen LogP contribution is 2.25. The largest absolute Gasteiger partial charge is 0.313 e. The van der Waals surface area contributed by atoms with Gasteiger partial charge in [0, 0.05) is 15.8 Å². The molecule has 21 heavy (non-hydrogen) atoms. The third-order valence-electron chi connectivity index (χ3n) is 4.07. The van der Waals surface area contributed by atoms with Crippen molar-refractivity contribution in [3.8, 4) is 0 Å². The van der Waals surface area contributed by atoms with E-state index < -0.39 is 0 Å². The molecule has 1 aromatic carbocycles. The first-order valence-corrected chi connectivity index (χ1v) is 8.92. The Morgan fingerprint density at radius 2 is 1.71 bits per heavy atom. The number of rotatable bonds is 8. The van der Waals surface area contributed by atoms with Crippen molar-refractivity contribution in [2.75, 3.05) is 6.54 Å². The van der Waals surface area contributed by atoms with E-state index in [1.165, 1.54) is 21.7 Å². The molecule has 0 bridgehead atoms. The van der Waals surface area contributed by atoms with Gasteiger partial charge in [-0.15, -0.1) is 11.3 Å². The van der Waals surface area contributed by atoms with Crippen LogP contribution in [0.1, 0.15) is 48.4 Å². The number of benzene rings is 1. The quantitative estimate of drug-likeness (QED) is 0.721. The van der Waals surface area contributed by atoms with Crippen LogP contribution in [0.25, 0.3) is 0 Å². The van der Waals surface area contributed by atoms with Crippen LogP contribution in [0.5, 0.6) is 0 Å². The van der Waals surface area contributed by atoms with Gasteiger partial charge in [0.15, 0.2) is 0 Å². The van der Waals surface area contributed by atoms with Crippen molar-refractivity contribution >= 4 is 11.3 Å².